The van der Waals surface area contributed by atoms with E-state index >= 15 is 0 Å². The molecule has 0 saturated heterocycles. The largest absolute Gasteiger partial charge is 0.481 e. The fraction of sp³-hybridized carbons (Fsp3) is 0.235. The second-order valence-electron chi connectivity index (χ2n) is 5.51. The van der Waals surface area contributed by atoms with Crippen LogP contribution in [-0.4, -0.2) is 44.9 Å². The van der Waals surface area contributed by atoms with Gasteiger partial charge in [-0.1, -0.05) is 30.3 Å². The quantitative estimate of drug-likeness (QED) is 0.746. The van der Waals surface area contributed by atoms with E-state index in [-0.39, 0.29) is 25.3 Å². The Morgan fingerprint density at radius 3 is 2.75 bits per heavy atom. The normalized spacial score (nSPS) is 10.9. The molecule has 0 fully saturated rings. The molecule has 3 aromatic rings. The van der Waals surface area contributed by atoms with Crippen LogP contribution in [0.15, 0.2) is 41.9 Å². The van der Waals surface area contributed by atoms with Gasteiger partial charge in [0, 0.05) is 36.4 Å². The number of hydrogen-bond acceptors (Lipinski definition) is 4. The molecule has 2 heterocycles. The molecule has 0 radical (unpaired) electrons. The summed E-state index contributed by atoms with van der Waals surface area (Å²) >= 11 is 1.49. The van der Waals surface area contributed by atoms with Gasteiger partial charge in [-0.25, -0.2) is 4.98 Å². The highest BCUT2D eigenvalue weighted by atomic mass is 32.1. The summed E-state index contributed by atoms with van der Waals surface area (Å²) in [5.41, 5.74) is 2.76. The Bertz CT molecular complexity index is 870. The van der Waals surface area contributed by atoms with Crippen LogP contribution >= 0.6 is 11.3 Å². The average molecular weight is 343 g/mol. The van der Waals surface area contributed by atoms with Crippen LogP contribution in [0, 0.1) is 0 Å². The standard InChI is InChI=1S/C17H17N3O3S/c1-19(8-7-16(22)23)15(21)9-13-11-24-17-18-14(10-20(13)17)12-5-3-2-4-6-12/h2-6,10-11H,7-9H2,1H3,(H,22,23). The molecule has 3 rings (SSSR count). The number of carbonyl (C=O) groups is 2. The van der Waals surface area contributed by atoms with Crippen molar-refractivity contribution < 1.29 is 14.7 Å². The van der Waals surface area contributed by atoms with Gasteiger partial charge in [0.15, 0.2) is 4.96 Å². The van der Waals surface area contributed by atoms with E-state index in [1.807, 2.05) is 46.3 Å². The summed E-state index contributed by atoms with van der Waals surface area (Å²) in [5, 5.41) is 10.6. The number of thiazole rings is 1. The molecule has 0 atom stereocenters. The topological polar surface area (TPSA) is 74.9 Å². The third kappa shape index (κ3) is 3.46. The van der Waals surface area contributed by atoms with Crippen LogP contribution < -0.4 is 0 Å². The van der Waals surface area contributed by atoms with Gasteiger partial charge in [0.1, 0.15) is 0 Å². The van der Waals surface area contributed by atoms with Crippen molar-refractivity contribution in [3.05, 3.63) is 47.6 Å². The van der Waals surface area contributed by atoms with Crippen LogP contribution in [0.5, 0.6) is 0 Å². The molecule has 0 aliphatic heterocycles. The molecule has 2 aromatic heterocycles. The number of aromatic nitrogens is 2. The SMILES string of the molecule is CN(CCC(=O)O)C(=O)Cc1csc2nc(-c3ccccc3)cn12. The number of carboxylic acids is 1. The van der Waals surface area contributed by atoms with Crippen molar-refractivity contribution in [2.45, 2.75) is 12.8 Å². The van der Waals surface area contributed by atoms with Crippen LogP contribution in [0.1, 0.15) is 12.1 Å². The first kappa shape index (κ1) is 16.2. The molecule has 6 nitrogen and oxygen atoms in total. The maximum atomic E-state index is 12.2. The number of imidazole rings is 1. The summed E-state index contributed by atoms with van der Waals surface area (Å²) in [5.74, 6) is -1.01. The minimum Gasteiger partial charge on any atom is -0.481 e. The van der Waals surface area contributed by atoms with Gasteiger partial charge in [-0.15, -0.1) is 11.3 Å². The monoisotopic (exact) mass is 343 g/mol. The summed E-state index contributed by atoms with van der Waals surface area (Å²) in [4.78, 5) is 29.7. The number of carbonyl (C=O) groups excluding carboxylic acids is 1. The summed E-state index contributed by atoms with van der Waals surface area (Å²) in [6.45, 7) is 0.209. The van der Waals surface area contributed by atoms with E-state index in [0.29, 0.717) is 0 Å². The summed E-state index contributed by atoms with van der Waals surface area (Å²) in [6.07, 6.45) is 2.10. The van der Waals surface area contributed by atoms with Gasteiger partial charge in [-0.2, -0.15) is 0 Å². The summed E-state index contributed by atoms with van der Waals surface area (Å²) in [6, 6.07) is 9.88. The Morgan fingerprint density at radius 2 is 2.04 bits per heavy atom. The fourth-order valence-corrected chi connectivity index (χ4v) is 3.26. The third-order valence-electron chi connectivity index (χ3n) is 3.77. The molecule has 7 heteroatoms. The van der Waals surface area contributed by atoms with E-state index in [4.69, 9.17) is 5.11 Å². The predicted molar refractivity (Wildman–Crippen MR) is 92.1 cm³/mol. The van der Waals surface area contributed by atoms with Gasteiger partial charge in [-0.05, 0) is 0 Å². The first-order valence-corrected chi connectivity index (χ1v) is 8.39. The highest BCUT2D eigenvalue weighted by Crippen LogP contribution is 2.23. The highest BCUT2D eigenvalue weighted by Gasteiger charge is 2.15. The second kappa shape index (κ2) is 6.84. The van der Waals surface area contributed by atoms with Crippen molar-refractivity contribution in [3.8, 4) is 11.3 Å². The van der Waals surface area contributed by atoms with Gasteiger partial charge in [0.05, 0.1) is 18.5 Å². The molecule has 1 N–H and O–H groups in total. The summed E-state index contributed by atoms with van der Waals surface area (Å²) < 4.78 is 1.93. The Labute approximate surface area is 143 Å². The van der Waals surface area contributed by atoms with Gasteiger partial charge in [0.2, 0.25) is 5.91 Å². The van der Waals surface area contributed by atoms with E-state index < -0.39 is 5.97 Å². The molecule has 0 unspecified atom stereocenters. The second-order valence-corrected chi connectivity index (χ2v) is 6.34. The molecule has 1 aromatic carbocycles. The lowest BCUT2D eigenvalue weighted by Crippen LogP contribution is -2.30. The Kier molecular flexibility index (Phi) is 4.61. The van der Waals surface area contributed by atoms with E-state index in [1.165, 1.54) is 16.2 Å². The van der Waals surface area contributed by atoms with Crippen molar-refractivity contribution >= 4 is 28.2 Å². The molecule has 24 heavy (non-hydrogen) atoms. The van der Waals surface area contributed by atoms with Crippen molar-refractivity contribution in [1.29, 1.82) is 0 Å². The van der Waals surface area contributed by atoms with Crippen molar-refractivity contribution in [2.75, 3.05) is 13.6 Å². The number of benzene rings is 1. The fourth-order valence-electron chi connectivity index (χ4n) is 2.38. The molecule has 124 valence electrons. The van der Waals surface area contributed by atoms with Crippen molar-refractivity contribution in [2.24, 2.45) is 0 Å². The number of hydrogen-bond donors (Lipinski definition) is 1. The lowest BCUT2D eigenvalue weighted by Gasteiger charge is -2.15. The van der Waals surface area contributed by atoms with Crippen molar-refractivity contribution in [3.63, 3.8) is 0 Å². The molecule has 0 aliphatic rings. The van der Waals surface area contributed by atoms with Crippen molar-refractivity contribution in [1.82, 2.24) is 14.3 Å². The van der Waals surface area contributed by atoms with E-state index in [2.05, 4.69) is 4.98 Å². The van der Waals surface area contributed by atoms with Crippen LogP contribution in [0.25, 0.3) is 16.2 Å². The zero-order chi connectivity index (χ0) is 17.1. The van der Waals surface area contributed by atoms with Crippen LogP contribution in [0.2, 0.25) is 0 Å². The number of nitrogens with zero attached hydrogens (tertiary/aromatic N) is 3. The Morgan fingerprint density at radius 1 is 1.29 bits per heavy atom. The average Bonchev–Trinajstić information content (AvgIpc) is 3.15. The number of aliphatic carboxylic acids is 1. The number of fused-ring (bicyclic) bond motifs is 1. The predicted octanol–water partition coefficient (Wildman–Crippen LogP) is 2.54. The van der Waals surface area contributed by atoms with Gasteiger partial charge in [-0.3, -0.25) is 14.0 Å². The first-order valence-electron chi connectivity index (χ1n) is 7.51. The molecule has 0 bridgehead atoms. The highest BCUT2D eigenvalue weighted by molar-refractivity contribution is 7.15. The summed E-state index contributed by atoms with van der Waals surface area (Å²) in [7, 11) is 1.62. The Hall–Kier alpha value is -2.67. The molecule has 0 aliphatic carbocycles. The first-order chi connectivity index (χ1) is 11.5. The minimum absolute atomic E-state index is 0.0511. The van der Waals surface area contributed by atoms with E-state index in [0.717, 1.165) is 21.9 Å². The maximum Gasteiger partial charge on any atom is 0.305 e. The minimum atomic E-state index is -0.908. The number of rotatable bonds is 6. The molecule has 1 amide bonds. The lowest BCUT2D eigenvalue weighted by molar-refractivity contribution is -0.138. The third-order valence-corrected chi connectivity index (χ3v) is 4.66. The van der Waals surface area contributed by atoms with Gasteiger partial charge >= 0.3 is 5.97 Å². The number of carboxylic acid groups (broad SMARTS) is 1. The maximum absolute atomic E-state index is 12.2. The number of amides is 1. The van der Waals surface area contributed by atoms with E-state index in [9.17, 15) is 9.59 Å². The lowest BCUT2D eigenvalue weighted by atomic mass is 10.2. The molecular formula is C17H17N3O3S. The Balaban J connectivity index is 1.77. The van der Waals surface area contributed by atoms with Crippen LogP contribution in [-0.2, 0) is 16.0 Å². The molecular weight excluding hydrogens is 326 g/mol. The van der Waals surface area contributed by atoms with Gasteiger partial charge < -0.3 is 10.0 Å². The van der Waals surface area contributed by atoms with E-state index in [1.54, 1.807) is 7.05 Å². The van der Waals surface area contributed by atoms with Crippen LogP contribution in [0.3, 0.4) is 0 Å². The number of likely N-dealkylation sites (N-methyl/N-ethyl adjacent to an activating group) is 1. The zero-order valence-corrected chi connectivity index (χ0v) is 14.0. The molecule has 0 saturated carbocycles. The smallest absolute Gasteiger partial charge is 0.305 e. The van der Waals surface area contributed by atoms with Gasteiger partial charge in [0.25, 0.3) is 0 Å². The van der Waals surface area contributed by atoms with Crippen LogP contribution in [0.4, 0.5) is 0 Å². The zero-order valence-electron chi connectivity index (χ0n) is 13.2. The molecule has 0 spiro atoms.